The average Bonchev–Trinajstić information content (AvgIpc) is 2.40. The van der Waals surface area contributed by atoms with E-state index < -0.39 is 0 Å². The van der Waals surface area contributed by atoms with Gasteiger partial charge in [0.25, 0.3) is 0 Å². The molecule has 1 saturated heterocycles. The summed E-state index contributed by atoms with van der Waals surface area (Å²) in [6.07, 6.45) is 4.78. The van der Waals surface area contributed by atoms with E-state index >= 15 is 0 Å². The minimum absolute atomic E-state index is 0.155. The molecular formula is C18H33N. The predicted molar refractivity (Wildman–Crippen MR) is 88.3 cm³/mol. The Morgan fingerprint density at radius 2 is 1.63 bits per heavy atom. The second kappa shape index (κ2) is 7.57. The molecule has 2 rings (SSSR count). The monoisotopic (exact) mass is 263 g/mol. The van der Waals surface area contributed by atoms with Crippen LogP contribution >= 0.6 is 0 Å². The summed E-state index contributed by atoms with van der Waals surface area (Å²) in [6, 6.07) is 0. The number of hydrogen-bond donors (Lipinski definition) is 0. The van der Waals surface area contributed by atoms with Gasteiger partial charge in [-0.05, 0) is 57.3 Å². The zero-order valence-electron chi connectivity index (χ0n) is 14.4. The average molecular weight is 263 g/mol. The van der Waals surface area contributed by atoms with Crippen LogP contribution in [0.15, 0.2) is 35.1 Å². The molecule has 0 N–H and O–H groups in total. The van der Waals surface area contributed by atoms with Gasteiger partial charge >= 0.3 is 0 Å². The summed E-state index contributed by atoms with van der Waals surface area (Å²) in [7, 11) is 0. The van der Waals surface area contributed by atoms with Crippen molar-refractivity contribution in [2.24, 2.45) is 0 Å². The number of piperidine rings is 1. The molecule has 0 aromatic rings. The number of fused-ring (bicyclic) bond motifs is 1. The van der Waals surface area contributed by atoms with Crippen LogP contribution in [0.3, 0.4) is 0 Å². The summed E-state index contributed by atoms with van der Waals surface area (Å²) in [6.45, 7) is 22.4. The molecule has 0 saturated carbocycles. The third-order valence-corrected chi connectivity index (χ3v) is 3.68. The number of allylic oxidation sites excluding steroid dienone is 3. The highest BCUT2D eigenvalue weighted by Crippen LogP contribution is 2.39. The lowest BCUT2D eigenvalue weighted by Crippen LogP contribution is -2.47. The van der Waals surface area contributed by atoms with Crippen LogP contribution in [0.1, 0.15) is 68.2 Å². The van der Waals surface area contributed by atoms with E-state index in [1.54, 1.807) is 0 Å². The minimum atomic E-state index is 0.155. The fourth-order valence-corrected chi connectivity index (χ4v) is 2.82. The SMILES string of the molecule is C=C1CCCN2C1=C(C)C(C)=CC2(C)C.CC.CC. The van der Waals surface area contributed by atoms with E-state index in [1.807, 2.05) is 27.7 Å². The van der Waals surface area contributed by atoms with Crippen LogP contribution in [0, 0.1) is 0 Å². The Kier molecular flexibility index (Phi) is 7.18. The van der Waals surface area contributed by atoms with Gasteiger partial charge in [0.2, 0.25) is 0 Å². The van der Waals surface area contributed by atoms with Crippen LogP contribution in [0.5, 0.6) is 0 Å². The third kappa shape index (κ3) is 3.75. The van der Waals surface area contributed by atoms with E-state index in [-0.39, 0.29) is 5.54 Å². The molecule has 0 radical (unpaired) electrons. The Hall–Kier alpha value is -0.980. The second-order valence-electron chi connectivity index (χ2n) is 5.31. The maximum atomic E-state index is 4.22. The highest BCUT2D eigenvalue weighted by atomic mass is 15.2. The topological polar surface area (TPSA) is 3.24 Å². The second-order valence-corrected chi connectivity index (χ2v) is 5.31. The molecular weight excluding hydrogens is 230 g/mol. The first-order chi connectivity index (χ1) is 8.93. The van der Waals surface area contributed by atoms with Gasteiger partial charge in [0.1, 0.15) is 0 Å². The van der Waals surface area contributed by atoms with Crippen LogP contribution in [-0.4, -0.2) is 17.0 Å². The van der Waals surface area contributed by atoms with E-state index in [2.05, 4.69) is 45.2 Å². The van der Waals surface area contributed by atoms with Gasteiger partial charge in [-0.2, -0.15) is 0 Å². The van der Waals surface area contributed by atoms with Crippen molar-refractivity contribution in [2.75, 3.05) is 6.54 Å². The summed E-state index contributed by atoms with van der Waals surface area (Å²) in [4.78, 5) is 2.52. The molecule has 0 spiro atoms. The molecule has 0 aliphatic carbocycles. The first-order valence-corrected chi connectivity index (χ1v) is 7.80. The fourth-order valence-electron chi connectivity index (χ4n) is 2.82. The van der Waals surface area contributed by atoms with Gasteiger partial charge in [-0.25, -0.2) is 0 Å². The Morgan fingerprint density at radius 3 is 2.16 bits per heavy atom. The molecule has 2 aliphatic heterocycles. The molecule has 19 heavy (non-hydrogen) atoms. The van der Waals surface area contributed by atoms with Crippen molar-refractivity contribution in [3.05, 3.63) is 35.1 Å². The van der Waals surface area contributed by atoms with E-state index in [4.69, 9.17) is 0 Å². The van der Waals surface area contributed by atoms with Crippen molar-refractivity contribution in [1.29, 1.82) is 0 Å². The molecule has 0 unspecified atom stereocenters. The maximum absolute atomic E-state index is 4.22. The van der Waals surface area contributed by atoms with Gasteiger partial charge in [0, 0.05) is 12.2 Å². The first-order valence-electron chi connectivity index (χ1n) is 7.80. The van der Waals surface area contributed by atoms with E-state index in [0.717, 1.165) is 6.42 Å². The summed E-state index contributed by atoms with van der Waals surface area (Å²) < 4.78 is 0. The third-order valence-electron chi connectivity index (χ3n) is 3.68. The minimum Gasteiger partial charge on any atom is -0.362 e. The molecule has 0 amide bonds. The molecule has 0 bridgehead atoms. The highest BCUT2D eigenvalue weighted by molar-refractivity contribution is 5.47. The lowest BCUT2D eigenvalue weighted by Gasteiger charge is -2.47. The number of nitrogens with zero attached hydrogens (tertiary/aromatic N) is 1. The maximum Gasteiger partial charge on any atom is 0.0534 e. The fraction of sp³-hybridized carbons (Fsp3) is 0.667. The molecule has 1 heteroatoms. The van der Waals surface area contributed by atoms with Crippen LogP contribution in [0.2, 0.25) is 0 Å². The van der Waals surface area contributed by atoms with Crippen molar-refractivity contribution in [3.8, 4) is 0 Å². The van der Waals surface area contributed by atoms with Crippen LogP contribution in [0.25, 0.3) is 0 Å². The van der Waals surface area contributed by atoms with Gasteiger partial charge < -0.3 is 4.90 Å². The Balaban J connectivity index is 0.000000741. The largest absolute Gasteiger partial charge is 0.362 e. The molecule has 0 aromatic heterocycles. The normalized spacial score (nSPS) is 20.5. The molecule has 1 nitrogen and oxygen atoms in total. The van der Waals surface area contributed by atoms with E-state index in [9.17, 15) is 0 Å². The molecule has 1 fully saturated rings. The summed E-state index contributed by atoms with van der Waals surface area (Å²) >= 11 is 0. The standard InChI is InChI=1S/C14H21N.2C2H6/c1-10-7-6-8-15-13(10)12(3)11(2)9-14(15,4)5;2*1-2/h9H,1,6-8H2,2-5H3;2*1-2H3. The zero-order valence-corrected chi connectivity index (χ0v) is 14.4. The van der Waals surface area contributed by atoms with Crippen molar-refractivity contribution >= 4 is 0 Å². The van der Waals surface area contributed by atoms with Gasteiger partial charge in [0.05, 0.1) is 5.54 Å². The Bertz CT molecular complexity index is 369. The lowest BCUT2D eigenvalue weighted by atomic mass is 9.84. The highest BCUT2D eigenvalue weighted by Gasteiger charge is 2.34. The predicted octanol–water partition coefficient (Wildman–Crippen LogP) is 5.70. The van der Waals surface area contributed by atoms with E-state index in [1.165, 1.54) is 35.4 Å². The van der Waals surface area contributed by atoms with Gasteiger partial charge in [-0.3, -0.25) is 0 Å². The van der Waals surface area contributed by atoms with Crippen LogP contribution < -0.4 is 0 Å². The van der Waals surface area contributed by atoms with Crippen molar-refractivity contribution in [3.63, 3.8) is 0 Å². The first kappa shape index (κ1) is 18.0. The Labute approximate surface area is 121 Å². The van der Waals surface area contributed by atoms with Crippen molar-refractivity contribution in [1.82, 2.24) is 4.90 Å². The molecule has 110 valence electrons. The molecule has 2 heterocycles. The van der Waals surface area contributed by atoms with Gasteiger partial charge in [0.15, 0.2) is 0 Å². The molecule has 2 aliphatic rings. The number of rotatable bonds is 0. The van der Waals surface area contributed by atoms with Crippen LogP contribution in [-0.2, 0) is 0 Å². The zero-order chi connectivity index (χ0) is 15.2. The molecule has 0 aromatic carbocycles. The number of hydrogen-bond acceptors (Lipinski definition) is 1. The van der Waals surface area contributed by atoms with Crippen LogP contribution in [0.4, 0.5) is 0 Å². The smallest absolute Gasteiger partial charge is 0.0534 e. The van der Waals surface area contributed by atoms with Gasteiger partial charge in [-0.1, -0.05) is 40.3 Å². The quantitative estimate of drug-likeness (QED) is 0.541. The summed E-state index contributed by atoms with van der Waals surface area (Å²) in [5, 5.41) is 0. The van der Waals surface area contributed by atoms with Gasteiger partial charge in [-0.15, -0.1) is 0 Å². The van der Waals surface area contributed by atoms with Crippen molar-refractivity contribution < 1.29 is 0 Å². The Morgan fingerprint density at radius 1 is 1.11 bits per heavy atom. The van der Waals surface area contributed by atoms with E-state index in [0.29, 0.717) is 0 Å². The summed E-state index contributed by atoms with van der Waals surface area (Å²) in [5.41, 5.74) is 5.71. The molecule has 0 atom stereocenters. The summed E-state index contributed by atoms with van der Waals surface area (Å²) in [5.74, 6) is 0. The lowest BCUT2D eigenvalue weighted by molar-refractivity contribution is 0.194. The van der Waals surface area contributed by atoms with Crippen molar-refractivity contribution in [2.45, 2.75) is 73.8 Å².